The summed E-state index contributed by atoms with van der Waals surface area (Å²) in [5.74, 6) is -1.75. The monoisotopic (exact) mass is 247 g/mol. The molecule has 0 saturated heterocycles. The highest BCUT2D eigenvalue weighted by Crippen LogP contribution is 2.03. The molecule has 0 fully saturated rings. The zero-order valence-corrected chi connectivity index (χ0v) is 10.1. The van der Waals surface area contributed by atoms with Gasteiger partial charge in [-0.25, -0.2) is 10.3 Å². The molecule has 7 nitrogen and oxygen atoms in total. The van der Waals surface area contributed by atoms with Gasteiger partial charge < -0.3 is 9.47 Å². The van der Waals surface area contributed by atoms with Crippen molar-refractivity contribution in [2.75, 3.05) is 20.8 Å². The van der Waals surface area contributed by atoms with Crippen LogP contribution in [0.4, 0.5) is 0 Å². The summed E-state index contributed by atoms with van der Waals surface area (Å²) in [6.45, 7) is 1.85. The van der Waals surface area contributed by atoms with Gasteiger partial charge in [0.2, 0.25) is 0 Å². The summed E-state index contributed by atoms with van der Waals surface area (Å²) in [7, 11) is 2.63. The fraction of sp³-hybridized carbons (Fsp3) is 0.700. The third-order valence-electron chi connectivity index (χ3n) is 1.78. The van der Waals surface area contributed by atoms with E-state index in [1.807, 2.05) is 0 Å². The van der Waals surface area contributed by atoms with Crippen molar-refractivity contribution in [3.63, 3.8) is 0 Å². The normalized spacial score (nSPS) is 11.7. The van der Waals surface area contributed by atoms with Gasteiger partial charge in [0.1, 0.15) is 12.2 Å². The first kappa shape index (κ1) is 15.5. The van der Waals surface area contributed by atoms with Crippen molar-refractivity contribution < 1.29 is 28.7 Å². The smallest absolute Gasteiger partial charge is 0.337 e. The molecule has 98 valence electrons. The minimum absolute atomic E-state index is 0.208. The minimum Gasteiger partial charge on any atom is -0.467 e. The van der Waals surface area contributed by atoms with Crippen LogP contribution in [0.5, 0.6) is 0 Å². The lowest BCUT2D eigenvalue weighted by Crippen LogP contribution is -2.33. The molecule has 0 amide bonds. The molecule has 0 saturated carbocycles. The molecule has 1 N–H and O–H groups in total. The van der Waals surface area contributed by atoms with Gasteiger partial charge in [0, 0.05) is 13.5 Å². The maximum Gasteiger partial charge on any atom is 0.337 e. The molecule has 0 spiro atoms. The zero-order valence-electron chi connectivity index (χ0n) is 10.1. The summed E-state index contributed by atoms with van der Waals surface area (Å²) in [4.78, 5) is 38.4. The molecule has 0 aliphatic carbocycles. The lowest BCUT2D eigenvalue weighted by atomic mass is 10.1. The highest BCUT2D eigenvalue weighted by molar-refractivity contribution is 5.97. The molecule has 17 heavy (non-hydrogen) atoms. The molecule has 0 radical (unpaired) electrons. The molecule has 0 rings (SSSR count). The molecule has 0 heterocycles. The van der Waals surface area contributed by atoms with Crippen LogP contribution in [0.1, 0.15) is 19.8 Å². The second-order valence-corrected chi connectivity index (χ2v) is 3.06. The number of hydroxylamine groups is 1. The Morgan fingerprint density at radius 1 is 1.29 bits per heavy atom. The molecule has 0 aromatic rings. The number of hydrogen-bond acceptors (Lipinski definition) is 7. The summed E-state index contributed by atoms with van der Waals surface area (Å²) >= 11 is 0. The number of hydrogen-bond donors (Lipinski definition) is 1. The van der Waals surface area contributed by atoms with Gasteiger partial charge in [-0.1, -0.05) is 0 Å². The fourth-order valence-corrected chi connectivity index (χ4v) is 1.10. The largest absolute Gasteiger partial charge is 0.467 e. The van der Waals surface area contributed by atoms with Crippen molar-refractivity contribution in [2.45, 2.75) is 25.9 Å². The average Bonchev–Trinajstić information content (AvgIpc) is 2.27. The van der Waals surface area contributed by atoms with E-state index in [9.17, 15) is 14.4 Å². The highest BCUT2D eigenvalue weighted by Gasteiger charge is 2.24. The number of ether oxygens (including phenoxy) is 2. The number of carbonyl (C=O) groups excluding carboxylic acids is 3. The van der Waals surface area contributed by atoms with E-state index in [2.05, 4.69) is 15.0 Å². The second-order valence-electron chi connectivity index (χ2n) is 3.06. The van der Waals surface area contributed by atoms with Crippen LogP contribution in [0.25, 0.3) is 0 Å². The van der Waals surface area contributed by atoms with Gasteiger partial charge >= 0.3 is 11.9 Å². The topological polar surface area (TPSA) is 90.9 Å². The van der Waals surface area contributed by atoms with Crippen LogP contribution >= 0.6 is 0 Å². The van der Waals surface area contributed by atoms with Crippen LogP contribution in [0.2, 0.25) is 0 Å². The van der Waals surface area contributed by atoms with Crippen LogP contribution < -0.4 is 5.48 Å². The minimum atomic E-state index is -1.06. The number of Topliss-reactive ketones (excluding diaryl/α,β-unsaturated/α-hetero) is 1. The molecule has 0 bridgehead atoms. The fourth-order valence-electron chi connectivity index (χ4n) is 1.10. The van der Waals surface area contributed by atoms with Crippen molar-refractivity contribution in [3.8, 4) is 0 Å². The summed E-state index contributed by atoms with van der Waals surface area (Å²) in [6.07, 6.45) is -1.69. The number of rotatable bonds is 8. The van der Waals surface area contributed by atoms with Crippen molar-refractivity contribution >= 4 is 17.7 Å². The summed E-state index contributed by atoms with van der Waals surface area (Å²) in [5, 5.41) is 0. The third-order valence-corrected chi connectivity index (χ3v) is 1.78. The third kappa shape index (κ3) is 6.64. The van der Waals surface area contributed by atoms with E-state index in [-0.39, 0.29) is 19.4 Å². The van der Waals surface area contributed by atoms with Crippen LogP contribution in [0.3, 0.4) is 0 Å². The van der Waals surface area contributed by atoms with Crippen LogP contribution in [-0.2, 0) is 28.7 Å². The van der Waals surface area contributed by atoms with Crippen LogP contribution in [0, 0.1) is 0 Å². The van der Waals surface area contributed by atoms with Crippen molar-refractivity contribution in [1.29, 1.82) is 0 Å². The van der Waals surface area contributed by atoms with Gasteiger partial charge in [-0.2, -0.15) is 0 Å². The van der Waals surface area contributed by atoms with Crippen molar-refractivity contribution in [2.24, 2.45) is 0 Å². The Labute approximate surface area is 99.4 Å². The molecular formula is C10H17NO6. The standard InChI is InChI=1S/C10H17NO6/c1-4-16-9(13)6-7(12)5-8(17-11-2)10(14)15-3/h8,11H,4-6H2,1-3H3. The van der Waals surface area contributed by atoms with Gasteiger partial charge in [-0.15, -0.1) is 0 Å². The number of methoxy groups -OCH3 is 1. The van der Waals surface area contributed by atoms with Crippen LogP contribution in [-0.4, -0.2) is 44.6 Å². The number of nitrogens with one attached hydrogen (secondary N) is 1. The number of carbonyl (C=O) groups is 3. The summed E-state index contributed by atoms with van der Waals surface area (Å²) < 4.78 is 9.05. The molecule has 0 aliphatic rings. The van der Waals surface area contributed by atoms with Crippen molar-refractivity contribution in [1.82, 2.24) is 5.48 Å². The van der Waals surface area contributed by atoms with Gasteiger partial charge in [-0.05, 0) is 6.92 Å². The maximum atomic E-state index is 11.4. The Morgan fingerprint density at radius 2 is 1.94 bits per heavy atom. The Morgan fingerprint density at radius 3 is 2.41 bits per heavy atom. The molecular weight excluding hydrogens is 230 g/mol. The van der Waals surface area contributed by atoms with E-state index in [1.165, 1.54) is 14.2 Å². The van der Waals surface area contributed by atoms with E-state index in [0.29, 0.717) is 0 Å². The van der Waals surface area contributed by atoms with Gasteiger partial charge in [0.15, 0.2) is 6.10 Å². The van der Waals surface area contributed by atoms with E-state index >= 15 is 0 Å². The Balaban J connectivity index is 4.21. The molecule has 0 aliphatic heterocycles. The predicted octanol–water partition coefficient (Wildman–Crippen LogP) is -0.409. The van der Waals surface area contributed by atoms with Crippen LogP contribution in [0.15, 0.2) is 0 Å². The van der Waals surface area contributed by atoms with Gasteiger partial charge in [0.05, 0.1) is 13.7 Å². The lowest BCUT2D eigenvalue weighted by Gasteiger charge is -2.13. The quantitative estimate of drug-likeness (QED) is 0.354. The SMILES string of the molecule is CCOC(=O)CC(=O)CC(ONC)C(=O)OC. The van der Waals surface area contributed by atoms with E-state index in [0.717, 1.165) is 0 Å². The van der Waals surface area contributed by atoms with Gasteiger partial charge in [0.25, 0.3) is 0 Å². The summed E-state index contributed by atoms with van der Waals surface area (Å²) in [6, 6.07) is 0. The first-order chi connectivity index (χ1) is 8.04. The first-order valence-electron chi connectivity index (χ1n) is 5.12. The molecule has 0 aromatic carbocycles. The van der Waals surface area contributed by atoms with E-state index in [1.54, 1.807) is 6.92 Å². The molecule has 1 atom stereocenters. The lowest BCUT2D eigenvalue weighted by molar-refractivity contribution is -0.162. The molecule has 7 heteroatoms. The zero-order chi connectivity index (χ0) is 13.3. The van der Waals surface area contributed by atoms with E-state index < -0.39 is 23.8 Å². The first-order valence-corrected chi connectivity index (χ1v) is 5.12. The number of ketones is 1. The second kappa shape index (κ2) is 8.66. The molecule has 1 unspecified atom stereocenters. The van der Waals surface area contributed by atoms with Gasteiger partial charge in [-0.3, -0.25) is 14.4 Å². The predicted molar refractivity (Wildman–Crippen MR) is 56.8 cm³/mol. The Bertz CT molecular complexity index is 278. The molecule has 0 aromatic heterocycles. The summed E-state index contributed by atoms with van der Waals surface area (Å²) in [5.41, 5.74) is 2.30. The Kier molecular flexibility index (Phi) is 7.91. The Hall–Kier alpha value is -1.47. The van der Waals surface area contributed by atoms with Crippen molar-refractivity contribution in [3.05, 3.63) is 0 Å². The van der Waals surface area contributed by atoms with E-state index in [4.69, 9.17) is 4.84 Å². The maximum absolute atomic E-state index is 11.4. The average molecular weight is 247 g/mol. The highest BCUT2D eigenvalue weighted by atomic mass is 16.7. The number of esters is 2.